The summed E-state index contributed by atoms with van der Waals surface area (Å²) in [5.74, 6) is 0. The van der Waals surface area contributed by atoms with Gasteiger partial charge in [-0.3, -0.25) is 0 Å². The van der Waals surface area contributed by atoms with Gasteiger partial charge in [-0.25, -0.2) is 0 Å². The number of hydrogen-bond donors (Lipinski definition) is 14. The van der Waals surface area contributed by atoms with E-state index in [1.165, 1.54) is 0 Å². The number of aldehydes is 1. The first-order valence-corrected chi connectivity index (χ1v) is 13.9. The fourth-order valence-corrected chi connectivity index (χ4v) is 5.09. The van der Waals surface area contributed by atoms with Crippen LogP contribution in [0, 0.1) is 0 Å². The van der Waals surface area contributed by atoms with E-state index in [1.807, 2.05) is 0 Å². The molecule has 3 fully saturated rings. The molecule has 0 aromatic heterocycles. The standard InChI is InChI=1S/C24H42O21/c25-1-6(30)11(32)19(7(31)2-26)43-23-17(38)14(35)21(9(4-28)41-23)45-24-18(39)15(36)20(10(5-29)42-24)44-22-16(37)13(34)12(33)8(3-27)40-22/h1,6-24,26-39H,2-5H2/t6-,7+,8+,9+,10+,11+,12+,13-,14+,15+,16+,17+,18+,19-,20+,21+,22+,23+,24+/m0/s1. The summed E-state index contributed by atoms with van der Waals surface area (Å²) in [5.41, 5.74) is 0. The van der Waals surface area contributed by atoms with E-state index in [9.17, 15) is 76.3 Å². The Morgan fingerprint density at radius 3 is 1.44 bits per heavy atom. The molecular formula is C24H42O21. The number of hydrogen-bond acceptors (Lipinski definition) is 21. The van der Waals surface area contributed by atoms with E-state index in [-0.39, 0.29) is 6.29 Å². The van der Waals surface area contributed by atoms with E-state index < -0.39 is 143 Å². The maximum Gasteiger partial charge on any atom is 0.187 e. The first kappa shape index (κ1) is 38.3. The van der Waals surface area contributed by atoms with Gasteiger partial charge in [0.25, 0.3) is 0 Å². The summed E-state index contributed by atoms with van der Waals surface area (Å²) >= 11 is 0. The third kappa shape index (κ3) is 8.30. The lowest BCUT2D eigenvalue weighted by Gasteiger charge is -2.48. The highest BCUT2D eigenvalue weighted by Crippen LogP contribution is 2.33. The van der Waals surface area contributed by atoms with Crippen LogP contribution in [0.2, 0.25) is 0 Å². The van der Waals surface area contributed by atoms with Gasteiger partial charge in [-0.1, -0.05) is 0 Å². The summed E-state index contributed by atoms with van der Waals surface area (Å²) in [6.07, 6.45) is -35.6. The van der Waals surface area contributed by atoms with Gasteiger partial charge in [0, 0.05) is 0 Å². The van der Waals surface area contributed by atoms with E-state index in [0.29, 0.717) is 0 Å². The Morgan fingerprint density at radius 2 is 1.00 bits per heavy atom. The first-order valence-electron chi connectivity index (χ1n) is 13.9. The Morgan fingerprint density at radius 1 is 0.578 bits per heavy atom. The molecule has 3 rings (SSSR count). The van der Waals surface area contributed by atoms with Crippen molar-refractivity contribution in [3.8, 4) is 0 Å². The van der Waals surface area contributed by atoms with Crippen molar-refractivity contribution in [2.45, 2.75) is 117 Å². The summed E-state index contributed by atoms with van der Waals surface area (Å²) in [6, 6.07) is 0. The van der Waals surface area contributed by atoms with Crippen LogP contribution in [0.5, 0.6) is 0 Å². The molecule has 0 aromatic carbocycles. The largest absolute Gasteiger partial charge is 0.394 e. The first-order chi connectivity index (χ1) is 21.2. The van der Waals surface area contributed by atoms with Crippen LogP contribution >= 0.6 is 0 Å². The van der Waals surface area contributed by atoms with Crippen LogP contribution < -0.4 is 0 Å². The zero-order chi connectivity index (χ0) is 33.7. The number of rotatable bonds is 14. The predicted molar refractivity (Wildman–Crippen MR) is 135 cm³/mol. The van der Waals surface area contributed by atoms with Crippen molar-refractivity contribution in [1.29, 1.82) is 0 Å². The third-order valence-electron chi connectivity index (χ3n) is 7.76. The molecule has 0 aromatic rings. The van der Waals surface area contributed by atoms with E-state index in [1.54, 1.807) is 0 Å². The number of aliphatic hydroxyl groups is 14. The second-order valence-electron chi connectivity index (χ2n) is 10.8. The predicted octanol–water partition coefficient (Wildman–Crippen LogP) is -9.91. The highest BCUT2D eigenvalue weighted by Gasteiger charge is 2.54. The molecule has 0 aliphatic carbocycles. The maximum absolute atomic E-state index is 10.9. The molecule has 0 saturated carbocycles. The normalized spacial score (nSPS) is 45.4. The van der Waals surface area contributed by atoms with Crippen LogP contribution in [0.25, 0.3) is 0 Å². The average molecular weight is 667 g/mol. The lowest BCUT2D eigenvalue weighted by atomic mass is 9.96. The molecule has 0 spiro atoms. The van der Waals surface area contributed by atoms with Crippen LogP contribution in [0.15, 0.2) is 0 Å². The smallest absolute Gasteiger partial charge is 0.187 e. The second-order valence-corrected chi connectivity index (χ2v) is 10.8. The van der Waals surface area contributed by atoms with Crippen LogP contribution in [-0.4, -0.2) is 221 Å². The van der Waals surface area contributed by atoms with Crippen LogP contribution in [0.4, 0.5) is 0 Å². The fraction of sp³-hybridized carbons (Fsp3) is 0.958. The Labute approximate surface area is 254 Å². The Hall–Kier alpha value is -1.13. The number of ether oxygens (including phenoxy) is 6. The lowest BCUT2D eigenvalue weighted by molar-refractivity contribution is -0.383. The number of aliphatic hydroxyl groups excluding tert-OH is 14. The van der Waals surface area contributed by atoms with Gasteiger partial charge < -0.3 is 105 Å². The zero-order valence-corrected chi connectivity index (χ0v) is 23.5. The summed E-state index contributed by atoms with van der Waals surface area (Å²) in [4.78, 5) is 10.9. The van der Waals surface area contributed by atoms with Crippen molar-refractivity contribution in [3.63, 3.8) is 0 Å². The molecule has 264 valence electrons. The van der Waals surface area contributed by atoms with Crippen molar-refractivity contribution < 1.29 is 105 Å². The van der Waals surface area contributed by atoms with Crippen molar-refractivity contribution >= 4 is 6.29 Å². The molecule has 21 nitrogen and oxygen atoms in total. The molecule has 19 atom stereocenters. The quantitative estimate of drug-likeness (QED) is 0.0765. The maximum atomic E-state index is 10.9. The number of carbonyl (C=O) groups is 1. The van der Waals surface area contributed by atoms with Crippen molar-refractivity contribution in [2.75, 3.05) is 26.4 Å². The minimum absolute atomic E-state index is 0.0957. The van der Waals surface area contributed by atoms with Gasteiger partial charge >= 0.3 is 0 Å². The molecule has 0 radical (unpaired) electrons. The van der Waals surface area contributed by atoms with Gasteiger partial charge in [0.05, 0.1) is 26.4 Å². The van der Waals surface area contributed by atoms with Crippen molar-refractivity contribution in [1.82, 2.24) is 0 Å². The third-order valence-corrected chi connectivity index (χ3v) is 7.76. The molecule has 0 bridgehead atoms. The molecule has 3 aliphatic rings. The van der Waals surface area contributed by atoms with Crippen molar-refractivity contribution in [2.24, 2.45) is 0 Å². The zero-order valence-electron chi connectivity index (χ0n) is 23.5. The molecule has 45 heavy (non-hydrogen) atoms. The van der Waals surface area contributed by atoms with Gasteiger partial charge in [-0.15, -0.1) is 0 Å². The Kier molecular flexibility index (Phi) is 14.3. The highest BCUT2D eigenvalue weighted by atomic mass is 16.8. The van der Waals surface area contributed by atoms with Gasteiger partial charge in [0.2, 0.25) is 0 Å². The minimum Gasteiger partial charge on any atom is -0.394 e. The molecule has 0 unspecified atom stereocenters. The molecule has 3 heterocycles. The fourth-order valence-electron chi connectivity index (χ4n) is 5.09. The van der Waals surface area contributed by atoms with E-state index >= 15 is 0 Å². The Bertz CT molecular complexity index is 895. The molecule has 3 aliphatic heterocycles. The van der Waals surface area contributed by atoms with Gasteiger partial charge in [-0.2, -0.15) is 0 Å². The minimum atomic E-state index is -2.14. The van der Waals surface area contributed by atoms with E-state index in [4.69, 9.17) is 28.4 Å². The highest BCUT2D eigenvalue weighted by molar-refractivity contribution is 5.56. The average Bonchev–Trinajstić information content (AvgIpc) is 3.04. The molecule has 0 amide bonds. The summed E-state index contributed by atoms with van der Waals surface area (Å²) in [6.45, 7) is -3.71. The van der Waals surface area contributed by atoms with Crippen LogP contribution in [-0.2, 0) is 33.2 Å². The monoisotopic (exact) mass is 666 g/mol. The van der Waals surface area contributed by atoms with Crippen molar-refractivity contribution in [3.05, 3.63) is 0 Å². The van der Waals surface area contributed by atoms with Crippen LogP contribution in [0.1, 0.15) is 0 Å². The van der Waals surface area contributed by atoms with Crippen LogP contribution in [0.3, 0.4) is 0 Å². The molecule has 14 N–H and O–H groups in total. The topological polar surface area (TPSA) is 356 Å². The van der Waals surface area contributed by atoms with Gasteiger partial charge in [-0.05, 0) is 0 Å². The van der Waals surface area contributed by atoms with Gasteiger partial charge in [0.15, 0.2) is 25.2 Å². The summed E-state index contributed by atoms with van der Waals surface area (Å²) in [5, 5.41) is 141. The SMILES string of the molecule is O=C[C@H](O)[C@@H](O)[C@@H](O[C@H]1O[C@H](CO)[C@@H](O[C@H]2O[C@H](CO)[C@@H](O[C@H]3O[C@H](CO)[C@@H](O)[C@H](O)[C@H]3O)[C@H](O)[C@H]2O)[C@H](O)[C@H]1O)[C@H](O)CO. The molecule has 21 heteroatoms. The van der Waals surface area contributed by atoms with E-state index in [2.05, 4.69) is 0 Å². The molecule has 3 saturated heterocycles. The second kappa shape index (κ2) is 16.8. The lowest BCUT2D eigenvalue weighted by Crippen LogP contribution is -2.67. The number of carbonyl (C=O) groups excluding carboxylic acids is 1. The summed E-state index contributed by atoms with van der Waals surface area (Å²) in [7, 11) is 0. The summed E-state index contributed by atoms with van der Waals surface area (Å²) < 4.78 is 32.3. The van der Waals surface area contributed by atoms with Gasteiger partial charge in [0.1, 0.15) is 97.7 Å². The van der Waals surface area contributed by atoms with E-state index in [0.717, 1.165) is 0 Å². The Balaban J connectivity index is 1.72. The molecular weight excluding hydrogens is 624 g/mol.